The Morgan fingerprint density at radius 2 is 2.04 bits per heavy atom. The number of aliphatic hydroxyl groups excluding tert-OH is 1. The van der Waals surface area contributed by atoms with E-state index in [4.69, 9.17) is 4.42 Å². The van der Waals surface area contributed by atoms with Gasteiger partial charge in [-0.15, -0.1) is 0 Å². The molecule has 1 aromatic carbocycles. The van der Waals surface area contributed by atoms with Crippen molar-refractivity contribution in [1.29, 1.82) is 0 Å². The van der Waals surface area contributed by atoms with Crippen molar-refractivity contribution in [2.45, 2.75) is 12.6 Å². The quantitative estimate of drug-likeness (QED) is 0.483. The second kappa shape index (κ2) is 6.95. The first kappa shape index (κ1) is 17.6. The lowest BCUT2D eigenvalue weighted by Gasteiger charge is -2.10. The van der Waals surface area contributed by atoms with Crippen LogP contribution in [0.4, 0.5) is 13.2 Å². The zero-order valence-corrected chi connectivity index (χ0v) is 13.3. The zero-order chi connectivity index (χ0) is 18.7. The van der Waals surface area contributed by atoms with Crippen LogP contribution in [0.5, 0.6) is 0 Å². The maximum atomic E-state index is 12.6. The molecule has 26 heavy (non-hydrogen) atoms. The van der Waals surface area contributed by atoms with E-state index in [0.717, 1.165) is 18.2 Å². The van der Waals surface area contributed by atoms with Crippen LogP contribution >= 0.6 is 0 Å². The van der Waals surface area contributed by atoms with Gasteiger partial charge in [-0.3, -0.25) is 4.79 Å². The Hall–Kier alpha value is -3.23. The van der Waals surface area contributed by atoms with Crippen LogP contribution in [0, 0.1) is 0 Å². The number of alkyl halides is 3. The van der Waals surface area contributed by atoms with E-state index in [1.807, 2.05) is 0 Å². The second-order valence-electron chi connectivity index (χ2n) is 5.56. The van der Waals surface area contributed by atoms with Crippen molar-refractivity contribution in [1.82, 2.24) is 10.3 Å². The average Bonchev–Trinajstić information content (AvgIpc) is 3.26. The molecule has 2 heterocycles. The molecule has 0 spiro atoms. The Kier molecular flexibility index (Phi) is 4.70. The molecule has 0 unspecified atom stereocenters. The fourth-order valence-electron chi connectivity index (χ4n) is 2.40. The maximum absolute atomic E-state index is 12.6. The Morgan fingerprint density at radius 3 is 2.65 bits per heavy atom. The summed E-state index contributed by atoms with van der Waals surface area (Å²) in [6, 6.07) is 4.67. The average molecular weight is 365 g/mol. The first-order chi connectivity index (χ1) is 12.3. The number of nitrogens with one attached hydrogen (secondary N) is 1. The number of nitrogens with zero attached hydrogens (tertiary/aromatic N) is 2. The normalized spacial score (nSPS) is 14.6. The van der Waals surface area contributed by atoms with Crippen LogP contribution in [0.3, 0.4) is 0 Å². The number of aliphatic hydroxyl groups is 1. The van der Waals surface area contributed by atoms with Gasteiger partial charge in [-0.25, -0.2) is 5.01 Å². The van der Waals surface area contributed by atoms with Crippen LogP contribution in [-0.4, -0.2) is 28.9 Å². The van der Waals surface area contributed by atoms with Gasteiger partial charge in [-0.05, 0) is 17.7 Å². The summed E-state index contributed by atoms with van der Waals surface area (Å²) in [5.74, 6) is -0.835. The van der Waals surface area contributed by atoms with E-state index in [0.29, 0.717) is 11.1 Å². The Labute approximate surface area is 146 Å². The predicted molar refractivity (Wildman–Crippen MR) is 86.3 cm³/mol. The molecule has 2 aromatic rings. The standard InChI is InChI=1S/C17H14F3N3O3/c18-17(19,20)13-3-1-11(2-4-13)5-12-7-26-8-14(12)15(24)6-16(25)23-10-21-9-22-23/h1-4,6-9,25H,5,10H2,(H,21,22). The lowest BCUT2D eigenvalue weighted by atomic mass is 10.0. The highest BCUT2D eigenvalue weighted by Gasteiger charge is 2.30. The van der Waals surface area contributed by atoms with Gasteiger partial charge in [0.1, 0.15) is 19.3 Å². The maximum Gasteiger partial charge on any atom is 0.416 e. The van der Waals surface area contributed by atoms with E-state index < -0.39 is 17.5 Å². The van der Waals surface area contributed by atoms with Gasteiger partial charge in [0.15, 0.2) is 5.78 Å². The molecule has 6 nitrogen and oxygen atoms in total. The van der Waals surface area contributed by atoms with Crippen molar-refractivity contribution in [3.8, 4) is 0 Å². The highest BCUT2D eigenvalue weighted by atomic mass is 19.4. The number of allylic oxidation sites excluding steroid dienone is 1. The summed E-state index contributed by atoms with van der Waals surface area (Å²) in [6.45, 7) is 0.236. The molecule has 2 N–H and O–H groups in total. The molecule has 0 saturated carbocycles. The SMILES string of the molecule is O=C(C=C(O)N1CNC=N1)c1cocc1Cc1ccc(C(F)(F)F)cc1. The summed E-state index contributed by atoms with van der Waals surface area (Å²) in [5.41, 5.74) is 0.571. The van der Waals surface area contributed by atoms with E-state index >= 15 is 0 Å². The minimum Gasteiger partial charge on any atom is -0.493 e. The molecule has 9 heteroatoms. The van der Waals surface area contributed by atoms with Crippen molar-refractivity contribution in [3.63, 3.8) is 0 Å². The first-order valence-electron chi connectivity index (χ1n) is 7.54. The van der Waals surface area contributed by atoms with Crippen LogP contribution in [0.1, 0.15) is 27.0 Å². The Morgan fingerprint density at radius 1 is 1.31 bits per heavy atom. The lowest BCUT2D eigenvalue weighted by molar-refractivity contribution is -0.137. The zero-order valence-electron chi connectivity index (χ0n) is 13.3. The van der Waals surface area contributed by atoms with E-state index in [9.17, 15) is 23.1 Å². The number of carbonyl (C=O) groups excluding carboxylic acids is 1. The Balaban J connectivity index is 1.75. The number of ketones is 1. The second-order valence-corrected chi connectivity index (χ2v) is 5.56. The molecule has 0 saturated heterocycles. The number of carbonyl (C=O) groups is 1. The summed E-state index contributed by atoms with van der Waals surface area (Å²) in [7, 11) is 0. The molecule has 0 aliphatic carbocycles. The molecule has 0 atom stereocenters. The number of furan rings is 1. The van der Waals surface area contributed by atoms with E-state index in [-0.39, 0.29) is 24.5 Å². The fourth-order valence-corrected chi connectivity index (χ4v) is 2.40. The number of hydrazone groups is 1. The van der Waals surface area contributed by atoms with Gasteiger partial charge in [0.05, 0.1) is 17.4 Å². The molecular formula is C17H14F3N3O3. The van der Waals surface area contributed by atoms with Gasteiger partial charge in [0.25, 0.3) is 0 Å². The number of hydrogen-bond acceptors (Lipinski definition) is 6. The predicted octanol–water partition coefficient (Wildman–Crippen LogP) is 3.28. The first-order valence-corrected chi connectivity index (χ1v) is 7.54. The van der Waals surface area contributed by atoms with Crippen LogP contribution in [0.2, 0.25) is 0 Å². The summed E-state index contributed by atoms with van der Waals surface area (Å²) in [5, 5.41) is 17.6. The van der Waals surface area contributed by atoms with Crippen molar-refractivity contribution in [2.24, 2.45) is 5.10 Å². The van der Waals surface area contributed by atoms with Gasteiger partial charge in [0.2, 0.25) is 5.88 Å². The number of halogens is 3. The van der Waals surface area contributed by atoms with Gasteiger partial charge < -0.3 is 14.8 Å². The third-order valence-corrected chi connectivity index (χ3v) is 3.74. The topological polar surface area (TPSA) is 78.1 Å². The van der Waals surface area contributed by atoms with Gasteiger partial charge in [0, 0.05) is 18.1 Å². The third-order valence-electron chi connectivity index (χ3n) is 3.74. The third kappa shape index (κ3) is 3.88. The summed E-state index contributed by atoms with van der Waals surface area (Å²) >= 11 is 0. The van der Waals surface area contributed by atoms with Crippen molar-refractivity contribution >= 4 is 12.1 Å². The van der Waals surface area contributed by atoms with Crippen molar-refractivity contribution < 1.29 is 27.5 Å². The number of hydrogen-bond donors (Lipinski definition) is 2. The lowest BCUT2D eigenvalue weighted by Crippen LogP contribution is -2.21. The van der Waals surface area contributed by atoms with Gasteiger partial charge in [-0.1, -0.05) is 12.1 Å². The fraction of sp³-hybridized carbons (Fsp3) is 0.176. The molecule has 1 aliphatic rings. The molecule has 0 bridgehead atoms. The molecule has 1 aliphatic heterocycles. The summed E-state index contributed by atoms with van der Waals surface area (Å²) in [4.78, 5) is 12.3. The van der Waals surface area contributed by atoms with E-state index in [1.165, 1.54) is 36.0 Å². The van der Waals surface area contributed by atoms with Crippen molar-refractivity contribution in [2.75, 3.05) is 6.67 Å². The minimum absolute atomic E-state index is 0.215. The molecule has 0 fully saturated rings. The van der Waals surface area contributed by atoms with E-state index in [1.54, 1.807) is 0 Å². The smallest absolute Gasteiger partial charge is 0.416 e. The minimum atomic E-state index is -4.40. The monoisotopic (exact) mass is 365 g/mol. The highest BCUT2D eigenvalue weighted by Crippen LogP contribution is 2.29. The van der Waals surface area contributed by atoms with Crippen LogP contribution in [0.25, 0.3) is 0 Å². The van der Waals surface area contributed by atoms with Crippen LogP contribution in [-0.2, 0) is 12.6 Å². The molecule has 0 radical (unpaired) electrons. The van der Waals surface area contributed by atoms with Crippen LogP contribution < -0.4 is 5.32 Å². The van der Waals surface area contributed by atoms with Gasteiger partial charge in [-0.2, -0.15) is 18.3 Å². The molecule has 136 valence electrons. The summed E-state index contributed by atoms with van der Waals surface area (Å²) < 4.78 is 42.9. The Bertz CT molecular complexity index is 854. The number of benzene rings is 1. The molecule has 0 amide bonds. The number of rotatable bonds is 5. The van der Waals surface area contributed by atoms with Gasteiger partial charge >= 0.3 is 6.18 Å². The van der Waals surface area contributed by atoms with Crippen molar-refractivity contribution in [3.05, 3.63) is 71.0 Å². The molecular weight excluding hydrogens is 351 g/mol. The molecule has 1 aromatic heterocycles. The highest BCUT2D eigenvalue weighted by molar-refractivity contribution is 6.05. The molecule has 3 rings (SSSR count). The summed E-state index contributed by atoms with van der Waals surface area (Å²) in [6.07, 6.45) is 0.786. The largest absolute Gasteiger partial charge is 0.493 e. The van der Waals surface area contributed by atoms with Crippen LogP contribution in [0.15, 0.2) is 58.3 Å². The van der Waals surface area contributed by atoms with E-state index in [2.05, 4.69) is 10.4 Å².